The molecule has 1 rings (SSSR count). The van der Waals surface area contributed by atoms with Crippen LogP contribution in [0, 0.1) is 5.92 Å². The van der Waals surface area contributed by atoms with Crippen LogP contribution < -0.4 is 10.6 Å². The molecule has 0 saturated carbocycles. The Labute approximate surface area is 102 Å². The van der Waals surface area contributed by atoms with Gasteiger partial charge in [-0.15, -0.1) is 5.10 Å². The van der Waals surface area contributed by atoms with Gasteiger partial charge in [0, 0.05) is 19.3 Å². The van der Waals surface area contributed by atoms with Crippen molar-refractivity contribution in [3.05, 3.63) is 12.4 Å². The Kier molecular flexibility index (Phi) is 6.24. The van der Waals surface area contributed by atoms with Gasteiger partial charge in [-0.05, 0) is 18.9 Å². The molecular weight excluding hydrogens is 218 g/mol. The Morgan fingerprint density at radius 2 is 2.29 bits per heavy atom. The summed E-state index contributed by atoms with van der Waals surface area (Å²) in [6, 6.07) is 0. The van der Waals surface area contributed by atoms with Crippen molar-refractivity contribution in [1.29, 1.82) is 0 Å². The van der Waals surface area contributed by atoms with Gasteiger partial charge in [0.2, 0.25) is 5.91 Å². The van der Waals surface area contributed by atoms with Gasteiger partial charge in [0.1, 0.15) is 0 Å². The van der Waals surface area contributed by atoms with Crippen LogP contribution in [-0.2, 0) is 11.3 Å². The lowest BCUT2D eigenvalue weighted by Gasteiger charge is -2.08. The van der Waals surface area contributed by atoms with Crippen molar-refractivity contribution in [3.8, 4) is 0 Å². The Morgan fingerprint density at radius 3 is 2.94 bits per heavy atom. The Hall–Kier alpha value is -1.43. The second-order valence-corrected chi connectivity index (χ2v) is 4.39. The largest absolute Gasteiger partial charge is 0.355 e. The van der Waals surface area contributed by atoms with Gasteiger partial charge in [0.25, 0.3) is 0 Å². The molecule has 1 aromatic heterocycles. The molecule has 6 nitrogen and oxygen atoms in total. The van der Waals surface area contributed by atoms with E-state index in [0.717, 1.165) is 26.1 Å². The first kappa shape index (κ1) is 13.6. The van der Waals surface area contributed by atoms with Crippen LogP contribution in [0.5, 0.6) is 0 Å². The van der Waals surface area contributed by atoms with E-state index >= 15 is 0 Å². The summed E-state index contributed by atoms with van der Waals surface area (Å²) >= 11 is 0. The quantitative estimate of drug-likeness (QED) is 0.628. The lowest BCUT2D eigenvalue weighted by atomic mass is 10.2. The minimum absolute atomic E-state index is 0.0551. The van der Waals surface area contributed by atoms with Crippen LogP contribution in [-0.4, -0.2) is 40.5 Å². The van der Waals surface area contributed by atoms with E-state index in [1.54, 1.807) is 10.9 Å². The number of carbonyl (C=O) groups is 1. The van der Waals surface area contributed by atoms with Crippen LogP contribution in [0.15, 0.2) is 12.4 Å². The summed E-state index contributed by atoms with van der Waals surface area (Å²) < 4.78 is 1.78. The minimum Gasteiger partial charge on any atom is -0.355 e. The number of amides is 1. The molecule has 0 atom stereocenters. The number of hydrogen-bond donors (Lipinski definition) is 2. The molecule has 0 bridgehead atoms. The van der Waals surface area contributed by atoms with Crippen LogP contribution >= 0.6 is 0 Å². The molecule has 1 amide bonds. The highest BCUT2D eigenvalue weighted by Gasteiger charge is 2.01. The van der Waals surface area contributed by atoms with Gasteiger partial charge in [-0.3, -0.25) is 9.48 Å². The van der Waals surface area contributed by atoms with E-state index in [1.807, 2.05) is 6.20 Å². The maximum Gasteiger partial charge on any atom is 0.233 e. The predicted molar refractivity (Wildman–Crippen MR) is 65.4 cm³/mol. The van der Waals surface area contributed by atoms with Gasteiger partial charge >= 0.3 is 0 Å². The van der Waals surface area contributed by atoms with Crippen LogP contribution in [0.25, 0.3) is 0 Å². The molecule has 17 heavy (non-hydrogen) atoms. The Bertz CT molecular complexity index is 310. The monoisotopic (exact) mass is 239 g/mol. The zero-order valence-electron chi connectivity index (χ0n) is 10.5. The van der Waals surface area contributed by atoms with E-state index in [2.05, 4.69) is 34.8 Å². The molecule has 0 spiro atoms. The molecule has 96 valence electrons. The topological polar surface area (TPSA) is 71.8 Å². The van der Waals surface area contributed by atoms with Crippen molar-refractivity contribution >= 4 is 5.91 Å². The van der Waals surface area contributed by atoms with Gasteiger partial charge in [0.15, 0.2) is 0 Å². The molecule has 2 N–H and O–H groups in total. The van der Waals surface area contributed by atoms with Crippen LogP contribution in [0.1, 0.15) is 20.3 Å². The molecule has 0 aliphatic carbocycles. The summed E-state index contributed by atoms with van der Waals surface area (Å²) in [5, 5.41) is 13.5. The highest BCUT2D eigenvalue weighted by atomic mass is 16.1. The Morgan fingerprint density at radius 1 is 1.47 bits per heavy atom. The highest BCUT2D eigenvalue weighted by Crippen LogP contribution is 1.87. The average molecular weight is 239 g/mol. The van der Waals surface area contributed by atoms with Gasteiger partial charge in [0.05, 0.1) is 12.7 Å². The first-order chi connectivity index (χ1) is 8.18. The minimum atomic E-state index is 0.0551. The number of aryl methyl sites for hydroxylation is 1. The number of carbonyl (C=O) groups excluding carboxylic acids is 1. The fourth-order valence-corrected chi connectivity index (χ4v) is 1.30. The molecule has 0 aliphatic heterocycles. The fourth-order valence-electron chi connectivity index (χ4n) is 1.30. The van der Waals surface area contributed by atoms with E-state index in [-0.39, 0.29) is 5.91 Å². The third-order valence-electron chi connectivity index (χ3n) is 2.21. The number of aromatic nitrogens is 3. The van der Waals surface area contributed by atoms with Crippen molar-refractivity contribution in [1.82, 2.24) is 25.6 Å². The normalized spacial score (nSPS) is 10.8. The first-order valence-electron chi connectivity index (χ1n) is 6.00. The summed E-state index contributed by atoms with van der Waals surface area (Å²) in [7, 11) is 0. The standard InChI is InChI=1S/C11H21N5O/c1-10(2)8-13-11(17)9-12-4-3-6-16-7-5-14-15-16/h5,7,10,12H,3-4,6,8-9H2,1-2H3,(H,13,17). The second-order valence-electron chi connectivity index (χ2n) is 4.39. The molecule has 0 radical (unpaired) electrons. The van der Waals surface area contributed by atoms with Crippen molar-refractivity contribution in [2.24, 2.45) is 5.92 Å². The zero-order chi connectivity index (χ0) is 12.5. The van der Waals surface area contributed by atoms with Crippen LogP contribution in [0.2, 0.25) is 0 Å². The summed E-state index contributed by atoms with van der Waals surface area (Å²) in [6.45, 7) is 6.89. The summed E-state index contributed by atoms with van der Waals surface area (Å²) in [6.07, 6.45) is 4.42. The van der Waals surface area contributed by atoms with Gasteiger partial charge in [-0.2, -0.15) is 0 Å². The molecule has 1 heterocycles. The van der Waals surface area contributed by atoms with Gasteiger partial charge in [-0.25, -0.2) is 0 Å². The number of nitrogens with zero attached hydrogens (tertiary/aromatic N) is 3. The number of nitrogens with one attached hydrogen (secondary N) is 2. The molecule has 0 unspecified atom stereocenters. The second kappa shape index (κ2) is 7.78. The molecule has 6 heteroatoms. The van der Waals surface area contributed by atoms with Gasteiger partial charge in [-0.1, -0.05) is 19.1 Å². The third kappa shape index (κ3) is 6.68. The lowest BCUT2D eigenvalue weighted by molar-refractivity contribution is -0.120. The molecule has 1 aromatic rings. The maximum atomic E-state index is 11.3. The Balaban J connectivity index is 1.95. The van der Waals surface area contributed by atoms with E-state index in [9.17, 15) is 4.79 Å². The SMILES string of the molecule is CC(C)CNC(=O)CNCCCn1ccnn1. The van der Waals surface area contributed by atoms with E-state index in [0.29, 0.717) is 12.5 Å². The molecule has 0 aromatic carbocycles. The van der Waals surface area contributed by atoms with Crippen molar-refractivity contribution < 1.29 is 4.79 Å². The summed E-state index contributed by atoms with van der Waals surface area (Å²) in [4.78, 5) is 11.3. The smallest absolute Gasteiger partial charge is 0.233 e. The third-order valence-corrected chi connectivity index (χ3v) is 2.21. The van der Waals surface area contributed by atoms with E-state index in [1.165, 1.54) is 0 Å². The van der Waals surface area contributed by atoms with Crippen LogP contribution in [0.4, 0.5) is 0 Å². The van der Waals surface area contributed by atoms with Crippen LogP contribution in [0.3, 0.4) is 0 Å². The lowest BCUT2D eigenvalue weighted by Crippen LogP contribution is -2.36. The predicted octanol–water partition coefficient (Wildman–Crippen LogP) is 0.0300. The molecule has 0 saturated heterocycles. The highest BCUT2D eigenvalue weighted by molar-refractivity contribution is 5.77. The number of rotatable bonds is 8. The molecule has 0 fully saturated rings. The average Bonchev–Trinajstić information content (AvgIpc) is 2.79. The van der Waals surface area contributed by atoms with E-state index in [4.69, 9.17) is 0 Å². The molecule has 0 aliphatic rings. The van der Waals surface area contributed by atoms with Crippen molar-refractivity contribution in [3.63, 3.8) is 0 Å². The van der Waals surface area contributed by atoms with E-state index < -0.39 is 0 Å². The summed E-state index contributed by atoms with van der Waals surface area (Å²) in [5.41, 5.74) is 0. The number of hydrogen-bond acceptors (Lipinski definition) is 4. The fraction of sp³-hybridized carbons (Fsp3) is 0.727. The maximum absolute atomic E-state index is 11.3. The van der Waals surface area contributed by atoms with Gasteiger partial charge < -0.3 is 10.6 Å². The molecular formula is C11H21N5O. The zero-order valence-corrected chi connectivity index (χ0v) is 10.5. The van der Waals surface area contributed by atoms with Crippen molar-refractivity contribution in [2.45, 2.75) is 26.8 Å². The van der Waals surface area contributed by atoms with Crippen molar-refractivity contribution in [2.75, 3.05) is 19.6 Å². The summed E-state index contributed by atoms with van der Waals surface area (Å²) in [5.74, 6) is 0.547. The first-order valence-corrected chi connectivity index (χ1v) is 6.00.